The largest absolute Gasteiger partial charge is 0.250 e. The van der Waals surface area contributed by atoms with E-state index in [1.807, 2.05) is 0 Å². The van der Waals surface area contributed by atoms with E-state index >= 15 is 0 Å². The predicted octanol–water partition coefficient (Wildman–Crippen LogP) is 6.18. The monoisotopic (exact) mass is 394 g/mol. The normalized spacial score (nSPS) is 12.0. The Morgan fingerprint density at radius 3 is 2.17 bits per heavy atom. The van der Waals surface area contributed by atoms with E-state index in [9.17, 15) is 0 Å². The van der Waals surface area contributed by atoms with E-state index in [1.54, 1.807) is 0 Å². The number of nitrogens with zero attached hydrogens (tertiary/aromatic N) is 3. The van der Waals surface area contributed by atoms with Crippen LogP contribution in [-0.4, -0.2) is 9.50 Å². The first kappa shape index (κ1) is 18.8. The second kappa shape index (κ2) is 6.66. The van der Waals surface area contributed by atoms with Crippen LogP contribution >= 0.6 is 0 Å². The van der Waals surface area contributed by atoms with Gasteiger partial charge in [-0.2, -0.15) is 0 Å². The molecule has 3 aromatic heterocycles. The minimum atomic E-state index is 0.395. The van der Waals surface area contributed by atoms with Gasteiger partial charge in [0, 0.05) is 16.5 Å². The van der Waals surface area contributed by atoms with Gasteiger partial charge in [-0.15, -0.1) is 9.20 Å². The number of aryl methyl sites for hydroxylation is 4. The van der Waals surface area contributed by atoms with Gasteiger partial charge in [0.25, 0.3) is 0 Å². The zero-order chi connectivity index (χ0) is 21.2. The highest BCUT2D eigenvalue weighted by Gasteiger charge is 2.24. The molecule has 0 bridgehead atoms. The number of rotatable bonds is 2. The highest BCUT2D eigenvalue weighted by Crippen LogP contribution is 2.37. The molecule has 0 spiro atoms. The summed E-state index contributed by atoms with van der Waals surface area (Å²) in [6.07, 6.45) is 2.27. The SMILES string of the molecule is Cc1cccc(C)c1-c1c[n+](C)n2c1c1ccccc1c1nc(C(C)C)cc(C)c12. The van der Waals surface area contributed by atoms with E-state index in [1.165, 1.54) is 49.6 Å². The Hall–Kier alpha value is -3.20. The maximum absolute atomic E-state index is 5.14. The Labute approximate surface area is 177 Å². The summed E-state index contributed by atoms with van der Waals surface area (Å²) in [5.41, 5.74) is 11.1. The Balaban J connectivity index is 2.07. The van der Waals surface area contributed by atoms with Gasteiger partial charge in [-0.05, 0) is 55.0 Å². The molecule has 0 atom stereocenters. The molecule has 0 amide bonds. The molecule has 0 saturated carbocycles. The molecule has 0 aliphatic rings. The van der Waals surface area contributed by atoms with Gasteiger partial charge in [0.15, 0.2) is 7.05 Å². The molecule has 0 aliphatic carbocycles. The first-order valence-electron chi connectivity index (χ1n) is 10.7. The Kier molecular flexibility index (Phi) is 4.18. The number of hydrogen-bond donors (Lipinski definition) is 0. The van der Waals surface area contributed by atoms with Crippen molar-refractivity contribution in [2.24, 2.45) is 7.05 Å². The molecular formula is C27H28N3+. The minimum absolute atomic E-state index is 0.395. The lowest BCUT2D eigenvalue weighted by molar-refractivity contribution is -0.735. The topological polar surface area (TPSA) is 21.2 Å². The van der Waals surface area contributed by atoms with E-state index in [4.69, 9.17) is 4.98 Å². The first-order valence-corrected chi connectivity index (χ1v) is 10.7. The molecule has 150 valence electrons. The van der Waals surface area contributed by atoms with Crippen LogP contribution in [0.1, 0.15) is 42.1 Å². The number of fused-ring (bicyclic) bond motifs is 6. The molecule has 3 heterocycles. The molecule has 0 aliphatic heterocycles. The maximum Gasteiger partial charge on any atom is 0.204 e. The maximum atomic E-state index is 5.14. The zero-order valence-electron chi connectivity index (χ0n) is 18.6. The van der Waals surface area contributed by atoms with Crippen molar-refractivity contribution in [1.82, 2.24) is 9.50 Å². The van der Waals surface area contributed by atoms with Crippen molar-refractivity contribution in [3.05, 3.63) is 77.1 Å². The van der Waals surface area contributed by atoms with Gasteiger partial charge in [0.05, 0.1) is 5.56 Å². The summed E-state index contributed by atoms with van der Waals surface area (Å²) in [6.45, 7) is 11.0. The Morgan fingerprint density at radius 2 is 1.50 bits per heavy atom. The van der Waals surface area contributed by atoms with Crippen LogP contribution < -0.4 is 4.68 Å². The van der Waals surface area contributed by atoms with Crippen LogP contribution in [0.3, 0.4) is 0 Å². The molecule has 0 N–H and O–H groups in total. The van der Waals surface area contributed by atoms with Gasteiger partial charge in [-0.25, -0.2) is 0 Å². The lowest BCUT2D eigenvalue weighted by atomic mass is 9.95. The van der Waals surface area contributed by atoms with Crippen molar-refractivity contribution < 1.29 is 4.68 Å². The summed E-state index contributed by atoms with van der Waals surface area (Å²) in [5, 5.41) is 2.47. The van der Waals surface area contributed by atoms with Gasteiger partial charge in [-0.1, -0.05) is 56.3 Å². The second-order valence-corrected chi connectivity index (χ2v) is 8.81. The van der Waals surface area contributed by atoms with Crippen molar-refractivity contribution in [2.45, 2.75) is 40.5 Å². The van der Waals surface area contributed by atoms with Crippen molar-refractivity contribution in [3.63, 3.8) is 0 Å². The minimum Gasteiger partial charge on any atom is -0.250 e. The molecule has 3 heteroatoms. The van der Waals surface area contributed by atoms with Crippen LogP contribution in [-0.2, 0) is 7.05 Å². The van der Waals surface area contributed by atoms with Gasteiger partial charge >= 0.3 is 0 Å². The Morgan fingerprint density at radius 1 is 0.833 bits per heavy atom. The Bertz CT molecular complexity index is 1430. The van der Waals surface area contributed by atoms with Gasteiger partial charge in [-0.3, -0.25) is 4.98 Å². The molecule has 0 fully saturated rings. The van der Waals surface area contributed by atoms with Crippen LogP contribution in [0.5, 0.6) is 0 Å². The quantitative estimate of drug-likeness (QED) is 0.259. The molecule has 2 aromatic carbocycles. The summed E-state index contributed by atoms with van der Waals surface area (Å²) in [7, 11) is 2.13. The average Bonchev–Trinajstić information content (AvgIpc) is 3.04. The molecule has 0 unspecified atom stereocenters. The number of benzene rings is 2. The lowest BCUT2D eigenvalue weighted by Gasteiger charge is -2.13. The van der Waals surface area contributed by atoms with E-state index < -0.39 is 0 Å². The summed E-state index contributed by atoms with van der Waals surface area (Å²) in [4.78, 5) is 5.14. The summed E-state index contributed by atoms with van der Waals surface area (Å²) in [6, 6.07) is 17.5. The lowest BCUT2D eigenvalue weighted by Crippen LogP contribution is -2.34. The molecule has 5 rings (SSSR count). The molecular weight excluding hydrogens is 366 g/mol. The fourth-order valence-electron chi connectivity index (χ4n) is 4.87. The van der Waals surface area contributed by atoms with E-state index in [-0.39, 0.29) is 0 Å². The second-order valence-electron chi connectivity index (χ2n) is 8.81. The molecule has 3 nitrogen and oxygen atoms in total. The van der Waals surface area contributed by atoms with E-state index in [0.29, 0.717) is 5.92 Å². The van der Waals surface area contributed by atoms with Crippen LogP contribution in [0.2, 0.25) is 0 Å². The average molecular weight is 395 g/mol. The third-order valence-corrected chi connectivity index (χ3v) is 6.29. The summed E-state index contributed by atoms with van der Waals surface area (Å²) < 4.78 is 4.57. The van der Waals surface area contributed by atoms with Crippen molar-refractivity contribution in [1.29, 1.82) is 0 Å². The first-order chi connectivity index (χ1) is 14.4. The third kappa shape index (κ3) is 2.58. The standard InChI is InChI=1S/C27H28N3/c1-16(2)23-14-19(5)26-25(28-23)20-12-7-8-13-21(20)27-22(15-29(6)30(26)27)24-17(3)10-9-11-18(24)4/h7-16H,1-6H3/q+1. The van der Waals surface area contributed by atoms with Crippen LogP contribution in [0.25, 0.3) is 38.4 Å². The van der Waals surface area contributed by atoms with Gasteiger partial charge < -0.3 is 0 Å². The summed E-state index contributed by atoms with van der Waals surface area (Å²) in [5.74, 6) is 0.395. The number of pyridine rings is 2. The molecule has 5 aromatic rings. The van der Waals surface area contributed by atoms with Crippen LogP contribution in [0.15, 0.2) is 54.7 Å². The smallest absolute Gasteiger partial charge is 0.204 e. The van der Waals surface area contributed by atoms with Crippen molar-refractivity contribution in [3.8, 4) is 11.1 Å². The van der Waals surface area contributed by atoms with Crippen molar-refractivity contribution >= 4 is 27.3 Å². The number of hydrogen-bond acceptors (Lipinski definition) is 1. The summed E-state index contributed by atoms with van der Waals surface area (Å²) >= 11 is 0. The zero-order valence-corrected chi connectivity index (χ0v) is 18.6. The van der Waals surface area contributed by atoms with Crippen LogP contribution in [0.4, 0.5) is 0 Å². The fraction of sp³-hybridized carbons (Fsp3) is 0.259. The molecule has 0 radical (unpaired) electrons. The number of aromatic nitrogens is 3. The van der Waals surface area contributed by atoms with Crippen LogP contribution in [0, 0.1) is 20.8 Å². The van der Waals surface area contributed by atoms with Gasteiger partial charge in [0.2, 0.25) is 6.20 Å². The van der Waals surface area contributed by atoms with Crippen molar-refractivity contribution in [2.75, 3.05) is 0 Å². The van der Waals surface area contributed by atoms with E-state index in [0.717, 1.165) is 11.2 Å². The fourth-order valence-corrected chi connectivity index (χ4v) is 4.87. The molecule has 0 saturated heterocycles. The third-order valence-electron chi connectivity index (χ3n) is 6.29. The predicted molar refractivity (Wildman–Crippen MR) is 125 cm³/mol. The van der Waals surface area contributed by atoms with Gasteiger partial charge in [0.1, 0.15) is 16.6 Å². The highest BCUT2D eigenvalue weighted by atomic mass is 15.3. The highest BCUT2D eigenvalue weighted by molar-refractivity contribution is 6.14. The van der Waals surface area contributed by atoms with E-state index in [2.05, 4.69) is 106 Å². The molecule has 30 heavy (non-hydrogen) atoms.